The highest BCUT2D eigenvalue weighted by molar-refractivity contribution is 6.42. The molecule has 2 heterocycles. The van der Waals surface area contributed by atoms with Crippen LogP contribution < -0.4 is 11.1 Å². The first-order chi connectivity index (χ1) is 17.2. The predicted molar refractivity (Wildman–Crippen MR) is 146 cm³/mol. The van der Waals surface area contributed by atoms with E-state index in [0.29, 0.717) is 41.8 Å². The third-order valence-electron chi connectivity index (χ3n) is 7.67. The molecule has 194 valence electrons. The van der Waals surface area contributed by atoms with Crippen LogP contribution in [0.5, 0.6) is 0 Å². The fourth-order valence-electron chi connectivity index (χ4n) is 5.93. The molecule has 4 rings (SSSR count). The number of benzene rings is 2. The van der Waals surface area contributed by atoms with Crippen molar-refractivity contribution >= 4 is 34.9 Å². The smallest absolute Gasteiger partial charge is 0.224 e. The molecule has 2 aliphatic heterocycles. The highest BCUT2D eigenvalue weighted by Crippen LogP contribution is 2.39. The van der Waals surface area contributed by atoms with Gasteiger partial charge in [-0.1, -0.05) is 73.4 Å². The van der Waals surface area contributed by atoms with Crippen LogP contribution in [-0.2, 0) is 22.6 Å². The molecule has 0 aliphatic carbocycles. The summed E-state index contributed by atoms with van der Waals surface area (Å²) in [6.07, 6.45) is 3.95. The Morgan fingerprint density at radius 3 is 2.53 bits per heavy atom. The zero-order valence-electron chi connectivity index (χ0n) is 21.1. The molecule has 2 saturated heterocycles. The number of fused-ring (bicyclic) bond motifs is 1. The summed E-state index contributed by atoms with van der Waals surface area (Å²) in [5.74, 6) is -0.239. The maximum absolute atomic E-state index is 13.7. The van der Waals surface area contributed by atoms with Crippen LogP contribution in [0.1, 0.15) is 50.7 Å². The molecule has 2 unspecified atom stereocenters. The highest BCUT2D eigenvalue weighted by atomic mass is 35.5. The summed E-state index contributed by atoms with van der Waals surface area (Å²) in [5.41, 5.74) is 8.50. The molecule has 2 aliphatic rings. The van der Waals surface area contributed by atoms with E-state index in [1.807, 2.05) is 12.1 Å². The van der Waals surface area contributed by atoms with E-state index in [-0.39, 0.29) is 41.7 Å². The number of hydrogen-bond donors (Lipinski definition) is 2. The normalized spacial score (nSPS) is 25.1. The predicted octanol–water partition coefficient (Wildman–Crippen LogP) is 5.26. The molecule has 0 radical (unpaired) electrons. The Morgan fingerprint density at radius 1 is 1.08 bits per heavy atom. The molecular weight excluding hydrogens is 493 g/mol. The summed E-state index contributed by atoms with van der Waals surface area (Å²) in [4.78, 5) is 29.6. The molecule has 7 heteroatoms. The van der Waals surface area contributed by atoms with Crippen LogP contribution in [0.3, 0.4) is 0 Å². The molecule has 0 bridgehead atoms. The van der Waals surface area contributed by atoms with E-state index in [4.69, 9.17) is 28.9 Å². The fraction of sp³-hybridized carbons (Fsp3) is 0.517. The second-order valence-corrected chi connectivity index (χ2v) is 11.6. The zero-order chi connectivity index (χ0) is 25.8. The Bertz CT molecular complexity index is 1060. The van der Waals surface area contributed by atoms with Gasteiger partial charge in [0, 0.05) is 37.0 Å². The number of halogens is 2. The van der Waals surface area contributed by atoms with Gasteiger partial charge in [0.2, 0.25) is 5.91 Å². The maximum atomic E-state index is 13.7. The van der Waals surface area contributed by atoms with Crippen molar-refractivity contribution < 1.29 is 9.59 Å². The van der Waals surface area contributed by atoms with Gasteiger partial charge in [0.1, 0.15) is 0 Å². The zero-order valence-corrected chi connectivity index (χ0v) is 22.6. The minimum Gasteiger partial charge on any atom is -0.352 e. The number of ketones is 1. The molecule has 2 fully saturated rings. The Hall–Kier alpha value is -1.92. The Morgan fingerprint density at radius 2 is 1.83 bits per heavy atom. The molecule has 2 aromatic rings. The van der Waals surface area contributed by atoms with Crippen LogP contribution >= 0.6 is 23.2 Å². The summed E-state index contributed by atoms with van der Waals surface area (Å²) >= 11 is 12.2. The number of piperidine rings is 1. The number of rotatable bonds is 9. The van der Waals surface area contributed by atoms with E-state index in [9.17, 15) is 9.59 Å². The molecule has 36 heavy (non-hydrogen) atoms. The largest absolute Gasteiger partial charge is 0.352 e. The van der Waals surface area contributed by atoms with Crippen molar-refractivity contribution in [3.05, 3.63) is 69.7 Å². The third kappa shape index (κ3) is 6.49. The van der Waals surface area contributed by atoms with Crippen molar-refractivity contribution in [2.75, 3.05) is 6.54 Å². The lowest BCUT2D eigenvalue weighted by molar-refractivity contribution is -0.142. The Balaban J connectivity index is 1.51. The summed E-state index contributed by atoms with van der Waals surface area (Å²) in [5, 5.41) is 4.02. The van der Waals surface area contributed by atoms with Crippen LogP contribution in [0.2, 0.25) is 10.0 Å². The van der Waals surface area contributed by atoms with Gasteiger partial charge in [-0.2, -0.15) is 0 Å². The van der Waals surface area contributed by atoms with Crippen molar-refractivity contribution in [1.29, 1.82) is 0 Å². The molecule has 2 aromatic carbocycles. The summed E-state index contributed by atoms with van der Waals surface area (Å²) in [6, 6.07) is 15.9. The number of hydrogen-bond acceptors (Lipinski definition) is 4. The number of aryl methyl sites for hydroxylation is 1. The molecule has 5 atom stereocenters. The first kappa shape index (κ1) is 27.1. The summed E-state index contributed by atoms with van der Waals surface area (Å²) in [7, 11) is 0. The standard InChI is InChI=1S/C29H37Cl2N3O2/c1-18(2)12-24(29(36)33-16-20-9-11-25(30)26(31)13-20)23-15-22(10-8-19-6-4-3-5-7-19)34-17-21(32)14-27(34)28(23)35/h3-7,9,11,13,18,21-24,27H,8,10,12,14-17,32H2,1-2H3,(H,33,36)/t21-,22?,23?,24+,27+/m1/s1. The van der Waals surface area contributed by atoms with Crippen molar-refractivity contribution in [3.63, 3.8) is 0 Å². The van der Waals surface area contributed by atoms with E-state index in [0.717, 1.165) is 24.9 Å². The molecule has 3 N–H and O–H groups in total. The number of nitrogens with zero attached hydrogens (tertiary/aromatic N) is 1. The van der Waals surface area contributed by atoms with Crippen LogP contribution in [0.15, 0.2) is 48.5 Å². The highest BCUT2D eigenvalue weighted by Gasteiger charge is 2.49. The Kier molecular flexibility index (Phi) is 9.10. The fourth-order valence-corrected chi connectivity index (χ4v) is 6.25. The molecule has 0 spiro atoms. The number of nitrogens with one attached hydrogen (secondary N) is 1. The second-order valence-electron chi connectivity index (χ2n) is 10.8. The van der Waals surface area contributed by atoms with Gasteiger partial charge in [-0.05, 0) is 61.3 Å². The van der Waals surface area contributed by atoms with Gasteiger partial charge in [0.25, 0.3) is 0 Å². The number of Topliss-reactive ketones (excluding diaryl/α,β-unsaturated/α-hetero) is 1. The van der Waals surface area contributed by atoms with E-state index in [1.54, 1.807) is 12.1 Å². The topological polar surface area (TPSA) is 75.4 Å². The van der Waals surface area contributed by atoms with Crippen molar-refractivity contribution in [3.8, 4) is 0 Å². The van der Waals surface area contributed by atoms with Gasteiger partial charge in [0.15, 0.2) is 5.78 Å². The summed E-state index contributed by atoms with van der Waals surface area (Å²) in [6.45, 7) is 5.32. The van der Waals surface area contributed by atoms with Gasteiger partial charge < -0.3 is 11.1 Å². The number of amides is 1. The number of carbonyl (C=O) groups is 2. The lowest BCUT2D eigenvalue weighted by Crippen LogP contribution is -2.55. The van der Waals surface area contributed by atoms with Crippen molar-refractivity contribution in [1.82, 2.24) is 10.2 Å². The van der Waals surface area contributed by atoms with Crippen molar-refractivity contribution in [2.24, 2.45) is 23.5 Å². The van der Waals surface area contributed by atoms with Gasteiger partial charge in [0.05, 0.1) is 16.1 Å². The lowest BCUT2D eigenvalue weighted by Gasteiger charge is -2.43. The SMILES string of the molecule is CC(C)C[C@H](C(=O)NCc1ccc(Cl)c(Cl)c1)C1CC(CCc2ccccc2)N2C[C@H](N)C[C@H]2C1=O. The second kappa shape index (κ2) is 12.1. The molecule has 0 aromatic heterocycles. The monoisotopic (exact) mass is 529 g/mol. The lowest BCUT2D eigenvalue weighted by atomic mass is 9.73. The van der Waals surface area contributed by atoms with Gasteiger partial charge in [-0.3, -0.25) is 14.5 Å². The molecular formula is C29H37Cl2N3O2. The maximum Gasteiger partial charge on any atom is 0.224 e. The molecule has 1 amide bonds. The third-order valence-corrected chi connectivity index (χ3v) is 8.41. The average molecular weight is 531 g/mol. The first-order valence-electron chi connectivity index (χ1n) is 13.0. The van der Waals surface area contributed by atoms with Crippen LogP contribution in [0.4, 0.5) is 0 Å². The number of nitrogens with two attached hydrogens (primary N) is 1. The first-order valence-corrected chi connectivity index (χ1v) is 13.8. The molecule has 5 nitrogen and oxygen atoms in total. The molecule has 0 saturated carbocycles. The van der Waals surface area contributed by atoms with Crippen molar-refractivity contribution in [2.45, 2.75) is 70.6 Å². The van der Waals surface area contributed by atoms with E-state index >= 15 is 0 Å². The number of carbonyl (C=O) groups excluding carboxylic acids is 2. The van der Waals surface area contributed by atoms with E-state index in [1.165, 1.54) is 5.56 Å². The summed E-state index contributed by atoms with van der Waals surface area (Å²) < 4.78 is 0. The minimum absolute atomic E-state index is 0.00366. The van der Waals surface area contributed by atoms with Gasteiger partial charge in [-0.15, -0.1) is 0 Å². The van der Waals surface area contributed by atoms with E-state index < -0.39 is 0 Å². The Labute approximate surface area is 224 Å². The van der Waals surface area contributed by atoms with Gasteiger partial charge >= 0.3 is 0 Å². The van der Waals surface area contributed by atoms with Crippen LogP contribution in [-0.4, -0.2) is 41.3 Å². The van der Waals surface area contributed by atoms with Crippen LogP contribution in [0.25, 0.3) is 0 Å². The van der Waals surface area contributed by atoms with E-state index in [2.05, 4.69) is 48.3 Å². The van der Waals surface area contributed by atoms with Gasteiger partial charge in [-0.25, -0.2) is 0 Å². The quantitative estimate of drug-likeness (QED) is 0.464. The minimum atomic E-state index is -0.363. The average Bonchev–Trinajstić information content (AvgIpc) is 3.25. The van der Waals surface area contributed by atoms with Crippen LogP contribution in [0, 0.1) is 17.8 Å².